The van der Waals surface area contributed by atoms with E-state index in [4.69, 9.17) is 9.47 Å². The number of fused-ring (bicyclic) bond motifs is 1. The van der Waals surface area contributed by atoms with Crippen molar-refractivity contribution in [1.82, 2.24) is 4.31 Å². The van der Waals surface area contributed by atoms with Crippen molar-refractivity contribution in [3.63, 3.8) is 0 Å². The zero-order valence-electron chi connectivity index (χ0n) is 21.1. The van der Waals surface area contributed by atoms with Gasteiger partial charge in [-0.1, -0.05) is 24.3 Å². The zero-order chi connectivity index (χ0) is 26.5. The maximum Gasteiger partial charge on any atom is 0.243 e. The van der Waals surface area contributed by atoms with Gasteiger partial charge in [0.25, 0.3) is 0 Å². The number of ether oxygens (including phenoxy) is 2. The Kier molecular flexibility index (Phi) is 6.17. The van der Waals surface area contributed by atoms with Gasteiger partial charge < -0.3 is 19.9 Å². The van der Waals surface area contributed by atoms with E-state index < -0.39 is 21.5 Å². The van der Waals surface area contributed by atoms with E-state index in [1.54, 1.807) is 24.3 Å². The molecule has 2 heterocycles. The lowest BCUT2D eigenvalue weighted by Gasteiger charge is -2.29. The topological polar surface area (TPSA) is 105 Å². The minimum absolute atomic E-state index is 0. The smallest absolute Gasteiger partial charge is 0.243 e. The molecule has 3 aromatic carbocycles. The van der Waals surface area contributed by atoms with E-state index in [9.17, 15) is 18.3 Å². The number of hydrogen-bond donors (Lipinski definition) is 2. The van der Waals surface area contributed by atoms with Gasteiger partial charge in [0.15, 0.2) is 11.5 Å². The molecule has 3 aliphatic rings. The van der Waals surface area contributed by atoms with Crippen molar-refractivity contribution in [2.75, 3.05) is 25.2 Å². The molecule has 2 N–H and O–H groups in total. The van der Waals surface area contributed by atoms with Crippen LogP contribution in [0.25, 0.3) is 11.1 Å². The number of hydrogen-bond acceptors (Lipinski definition) is 6. The predicted molar refractivity (Wildman–Crippen MR) is 147 cm³/mol. The van der Waals surface area contributed by atoms with Crippen LogP contribution in [0.3, 0.4) is 0 Å². The van der Waals surface area contributed by atoms with Crippen LogP contribution in [0.4, 0.5) is 5.69 Å². The first-order valence-corrected chi connectivity index (χ1v) is 14.3. The second-order valence-electron chi connectivity index (χ2n) is 10.3. The fraction of sp³-hybridized carbons (Fsp3) is 0.345. The van der Waals surface area contributed by atoms with Crippen LogP contribution in [-0.2, 0) is 20.2 Å². The summed E-state index contributed by atoms with van der Waals surface area (Å²) in [5.74, 6) is 1.30. The number of sulfonamides is 1. The van der Waals surface area contributed by atoms with Gasteiger partial charge in [-0.15, -0.1) is 0 Å². The standard InChI is InChI=1S/C29H30N2O6S.2H2/c1-19-4-8-22(30-28(33)29(12-13-29)21-7-11-26-27(15-21)37-18-36-26)16-25(19)20-5-9-24(10-6-20)38(34,35)31-14-2-3-23(32)17-31;;/h4-11,15-16,23,32H,2-3,12-14,17-18H2,1H3,(H,30,33);2*1H. The first-order valence-electron chi connectivity index (χ1n) is 12.9. The Morgan fingerprint density at radius 2 is 1.82 bits per heavy atom. The van der Waals surface area contributed by atoms with Crippen molar-refractivity contribution < 1.29 is 30.6 Å². The lowest BCUT2D eigenvalue weighted by molar-refractivity contribution is -0.118. The van der Waals surface area contributed by atoms with E-state index in [0.29, 0.717) is 36.6 Å². The lowest BCUT2D eigenvalue weighted by atomic mass is 9.94. The SMILES string of the molecule is Cc1ccc(NC(=O)C2(c3ccc4c(c3)OCO4)CC2)cc1-c1ccc(S(=O)(=O)N2CCCC(O)C2)cc1.[HH].[HH]. The van der Waals surface area contributed by atoms with Crippen LogP contribution in [0.15, 0.2) is 65.6 Å². The first kappa shape index (κ1) is 24.9. The second kappa shape index (κ2) is 9.41. The van der Waals surface area contributed by atoms with Crippen LogP contribution in [0.5, 0.6) is 11.5 Å². The molecule has 0 spiro atoms. The average Bonchev–Trinajstić information content (AvgIpc) is 3.60. The molecule has 9 heteroatoms. The van der Waals surface area contributed by atoms with E-state index in [0.717, 1.165) is 35.1 Å². The van der Waals surface area contributed by atoms with E-state index in [1.165, 1.54) is 4.31 Å². The molecular weight excluding hydrogens is 504 g/mol. The Bertz CT molecular complexity index is 1510. The number of aliphatic hydroxyl groups excluding tert-OH is 1. The maximum absolute atomic E-state index is 13.4. The molecule has 0 bridgehead atoms. The summed E-state index contributed by atoms with van der Waals surface area (Å²) in [5.41, 5.74) is 3.80. The number of piperidine rings is 1. The number of aryl methyl sites for hydroxylation is 1. The molecule has 1 aliphatic carbocycles. The third kappa shape index (κ3) is 4.44. The van der Waals surface area contributed by atoms with Crippen molar-refractivity contribution in [1.29, 1.82) is 0 Å². The van der Waals surface area contributed by atoms with Crippen LogP contribution in [0, 0.1) is 6.92 Å². The number of benzene rings is 3. The van der Waals surface area contributed by atoms with Gasteiger partial charge in [0, 0.05) is 21.6 Å². The Labute approximate surface area is 225 Å². The van der Waals surface area contributed by atoms with Crippen molar-refractivity contribution in [3.8, 4) is 22.6 Å². The van der Waals surface area contributed by atoms with Gasteiger partial charge in [-0.25, -0.2) is 8.42 Å². The van der Waals surface area contributed by atoms with Crippen LogP contribution >= 0.6 is 0 Å². The van der Waals surface area contributed by atoms with Crippen molar-refractivity contribution in [3.05, 3.63) is 71.8 Å². The summed E-state index contributed by atoms with van der Waals surface area (Å²) in [6.07, 6.45) is 2.17. The monoisotopic (exact) mass is 538 g/mol. The minimum Gasteiger partial charge on any atom is -0.454 e. The highest BCUT2D eigenvalue weighted by Crippen LogP contribution is 2.51. The summed E-state index contributed by atoms with van der Waals surface area (Å²) in [6, 6.07) is 18.2. The molecule has 38 heavy (non-hydrogen) atoms. The van der Waals surface area contributed by atoms with Gasteiger partial charge in [0.2, 0.25) is 22.7 Å². The van der Waals surface area contributed by atoms with Crippen molar-refractivity contribution in [2.45, 2.75) is 49.0 Å². The molecule has 0 aromatic heterocycles. The number of aliphatic hydroxyl groups is 1. The normalized spacial score (nSPS) is 20.2. The molecule has 8 nitrogen and oxygen atoms in total. The van der Waals surface area contributed by atoms with Crippen LogP contribution < -0.4 is 14.8 Å². The maximum atomic E-state index is 13.4. The Hall–Kier alpha value is -3.40. The summed E-state index contributed by atoms with van der Waals surface area (Å²) in [7, 11) is -3.67. The summed E-state index contributed by atoms with van der Waals surface area (Å²) in [6.45, 7) is 2.71. The van der Waals surface area contributed by atoms with Crippen molar-refractivity contribution in [2.24, 2.45) is 0 Å². The minimum atomic E-state index is -3.67. The Morgan fingerprint density at radius 3 is 2.55 bits per heavy atom. The van der Waals surface area contributed by atoms with Gasteiger partial charge in [-0.05, 0) is 91.3 Å². The van der Waals surface area contributed by atoms with Crippen molar-refractivity contribution >= 4 is 21.6 Å². The molecule has 202 valence electrons. The highest BCUT2D eigenvalue weighted by Gasteiger charge is 2.51. The van der Waals surface area contributed by atoms with Gasteiger partial charge in [-0.3, -0.25) is 4.79 Å². The second-order valence-corrected chi connectivity index (χ2v) is 12.3. The van der Waals surface area contributed by atoms with Gasteiger partial charge in [0.1, 0.15) is 0 Å². The number of carbonyl (C=O) groups is 1. The van der Waals surface area contributed by atoms with E-state index in [-0.39, 0.29) is 27.0 Å². The number of nitrogens with one attached hydrogen (secondary N) is 1. The molecule has 1 unspecified atom stereocenters. The quantitative estimate of drug-likeness (QED) is 0.472. The number of anilines is 1. The number of amides is 1. The largest absolute Gasteiger partial charge is 0.454 e. The summed E-state index contributed by atoms with van der Waals surface area (Å²) < 4.78 is 38.4. The molecule has 6 rings (SSSR count). The predicted octanol–water partition coefficient (Wildman–Crippen LogP) is 4.70. The fourth-order valence-electron chi connectivity index (χ4n) is 5.32. The summed E-state index contributed by atoms with van der Waals surface area (Å²) in [4.78, 5) is 13.6. The van der Waals surface area contributed by atoms with Gasteiger partial charge >= 0.3 is 0 Å². The highest BCUT2D eigenvalue weighted by atomic mass is 32.2. The molecule has 2 aliphatic heterocycles. The first-order chi connectivity index (χ1) is 18.3. The summed E-state index contributed by atoms with van der Waals surface area (Å²) >= 11 is 0. The average molecular weight is 539 g/mol. The van der Waals surface area contributed by atoms with Crippen LogP contribution in [-0.4, -0.2) is 49.7 Å². The molecule has 1 atom stereocenters. The highest BCUT2D eigenvalue weighted by molar-refractivity contribution is 7.89. The number of rotatable bonds is 6. The van der Waals surface area contributed by atoms with E-state index in [2.05, 4.69) is 5.32 Å². The van der Waals surface area contributed by atoms with Crippen LogP contribution in [0.1, 0.15) is 39.7 Å². The summed E-state index contributed by atoms with van der Waals surface area (Å²) in [5, 5.41) is 13.0. The number of nitrogens with zero attached hydrogens (tertiary/aromatic N) is 1. The molecule has 3 aromatic rings. The third-order valence-corrected chi connectivity index (χ3v) is 9.65. The fourth-order valence-corrected chi connectivity index (χ4v) is 6.84. The van der Waals surface area contributed by atoms with E-state index >= 15 is 0 Å². The lowest BCUT2D eigenvalue weighted by Crippen LogP contribution is -2.42. The number of β-amino-alcohol motifs (C(OH)–C–C–N with tert-alkyl or cyclic N) is 1. The molecule has 2 fully saturated rings. The van der Waals surface area contributed by atoms with Gasteiger partial charge in [-0.2, -0.15) is 4.31 Å². The molecular formula is C29H34N2O6S. The Morgan fingerprint density at radius 1 is 1.05 bits per heavy atom. The molecule has 0 radical (unpaired) electrons. The third-order valence-electron chi connectivity index (χ3n) is 7.77. The zero-order valence-corrected chi connectivity index (χ0v) is 22.0. The molecule has 1 amide bonds. The van der Waals surface area contributed by atoms with E-state index in [1.807, 2.05) is 43.3 Å². The Balaban J connectivity index is 0.00000185. The molecule has 1 saturated heterocycles. The van der Waals surface area contributed by atoms with Gasteiger partial charge in [0.05, 0.1) is 16.4 Å². The van der Waals surface area contributed by atoms with Crippen LogP contribution in [0.2, 0.25) is 0 Å². The molecule has 1 saturated carbocycles. The number of carbonyl (C=O) groups excluding carboxylic acids is 1.